The summed E-state index contributed by atoms with van der Waals surface area (Å²) in [6.07, 6.45) is -3.87. The fraction of sp³-hybridized carbons (Fsp3) is 0.500. The number of halogens is 3. The van der Waals surface area contributed by atoms with Crippen molar-refractivity contribution in [3.63, 3.8) is 0 Å². The number of alkyl halides is 3. The highest BCUT2D eigenvalue weighted by atomic mass is 19.4. The summed E-state index contributed by atoms with van der Waals surface area (Å²) in [4.78, 5) is 0. The molecule has 0 aliphatic heterocycles. The number of hydrogen-bond acceptors (Lipinski definition) is 2. The molecule has 1 aromatic carbocycles. The van der Waals surface area contributed by atoms with Crippen molar-refractivity contribution in [3.05, 3.63) is 29.8 Å². The molecule has 2 N–H and O–H groups in total. The Morgan fingerprint density at radius 1 is 1.24 bits per heavy atom. The molecule has 96 valence electrons. The van der Waals surface area contributed by atoms with Gasteiger partial charge in [0.1, 0.15) is 0 Å². The van der Waals surface area contributed by atoms with Gasteiger partial charge in [-0.25, -0.2) is 0 Å². The van der Waals surface area contributed by atoms with E-state index in [0.717, 1.165) is 6.07 Å². The van der Waals surface area contributed by atoms with Crippen molar-refractivity contribution in [2.24, 2.45) is 0 Å². The van der Waals surface area contributed by atoms with Crippen molar-refractivity contribution in [2.45, 2.75) is 32.0 Å². The van der Waals surface area contributed by atoms with E-state index in [0.29, 0.717) is 6.42 Å². The first-order valence-corrected chi connectivity index (χ1v) is 5.37. The molecule has 0 aromatic heterocycles. The molecule has 0 amide bonds. The van der Waals surface area contributed by atoms with E-state index in [1.807, 2.05) is 0 Å². The van der Waals surface area contributed by atoms with E-state index in [1.165, 1.54) is 18.2 Å². The number of benzene rings is 1. The Hall–Kier alpha value is -1.23. The zero-order valence-electron chi connectivity index (χ0n) is 9.80. The zero-order valence-corrected chi connectivity index (χ0v) is 9.80. The van der Waals surface area contributed by atoms with Gasteiger partial charge in [0.05, 0.1) is 17.7 Å². The average molecular weight is 247 g/mol. The zero-order chi connectivity index (χ0) is 13.1. The summed E-state index contributed by atoms with van der Waals surface area (Å²) in [6, 6.07) is 5.27. The van der Waals surface area contributed by atoms with Crippen molar-refractivity contribution >= 4 is 5.69 Å². The Morgan fingerprint density at radius 3 is 2.29 bits per heavy atom. The van der Waals surface area contributed by atoms with Crippen LogP contribution in [0, 0.1) is 0 Å². The van der Waals surface area contributed by atoms with Crippen LogP contribution in [0.4, 0.5) is 18.9 Å². The quantitative estimate of drug-likeness (QED) is 0.855. The molecular formula is C12H16F3NO. The van der Waals surface area contributed by atoms with Crippen LogP contribution >= 0.6 is 0 Å². The predicted octanol–water partition coefficient (Wildman–Crippen LogP) is 3.28. The lowest BCUT2D eigenvalue weighted by Gasteiger charge is -2.30. The Morgan fingerprint density at radius 2 is 1.82 bits per heavy atom. The van der Waals surface area contributed by atoms with Gasteiger partial charge in [-0.15, -0.1) is 0 Å². The number of nitrogens with one attached hydrogen (secondary N) is 1. The monoisotopic (exact) mass is 247 g/mol. The minimum atomic E-state index is -4.40. The van der Waals surface area contributed by atoms with Crippen LogP contribution < -0.4 is 5.32 Å². The van der Waals surface area contributed by atoms with Gasteiger partial charge in [-0.1, -0.05) is 19.1 Å². The Kier molecular flexibility index (Phi) is 4.03. The standard InChI is InChI=1S/C12H16F3NO/c1-3-11(2,8-17)16-10-7-5-4-6-9(10)12(13,14)15/h4-7,16-17H,3,8H2,1-2H3. The molecule has 1 rings (SSSR count). The molecule has 17 heavy (non-hydrogen) atoms. The van der Waals surface area contributed by atoms with Crippen LogP contribution in [0.15, 0.2) is 24.3 Å². The molecule has 0 heterocycles. The van der Waals surface area contributed by atoms with Crippen LogP contribution in [-0.2, 0) is 6.18 Å². The van der Waals surface area contributed by atoms with Crippen molar-refractivity contribution in [2.75, 3.05) is 11.9 Å². The maximum absolute atomic E-state index is 12.7. The Bertz CT molecular complexity index is 372. The summed E-state index contributed by atoms with van der Waals surface area (Å²) in [6.45, 7) is 3.26. The van der Waals surface area contributed by atoms with Gasteiger partial charge in [-0.05, 0) is 25.5 Å². The van der Waals surface area contributed by atoms with E-state index < -0.39 is 17.3 Å². The number of hydrogen-bond donors (Lipinski definition) is 2. The van der Waals surface area contributed by atoms with Crippen molar-refractivity contribution in [1.82, 2.24) is 0 Å². The SMILES string of the molecule is CCC(C)(CO)Nc1ccccc1C(F)(F)F. The van der Waals surface area contributed by atoms with Gasteiger partial charge in [0.15, 0.2) is 0 Å². The number of para-hydroxylation sites is 1. The van der Waals surface area contributed by atoms with Crippen LogP contribution in [0.3, 0.4) is 0 Å². The minimum absolute atomic E-state index is 0.00148. The summed E-state index contributed by atoms with van der Waals surface area (Å²) in [5.74, 6) is 0. The van der Waals surface area contributed by atoms with E-state index in [9.17, 15) is 18.3 Å². The van der Waals surface area contributed by atoms with Crippen molar-refractivity contribution in [1.29, 1.82) is 0 Å². The maximum atomic E-state index is 12.7. The molecule has 2 nitrogen and oxygen atoms in total. The summed E-state index contributed by atoms with van der Waals surface area (Å²) in [5.41, 5.74) is -1.46. The Balaban J connectivity index is 3.07. The van der Waals surface area contributed by atoms with E-state index in [4.69, 9.17) is 0 Å². The molecule has 5 heteroatoms. The van der Waals surface area contributed by atoms with Gasteiger partial charge in [0.2, 0.25) is 0 Å². The fourth-order valence-corrected chi connectivity index (χ4v) is 1.40. The van der Waals surface area contributed by atoms with Crippen LogP contribution in [0.5, 0.6) is 0 Å². The summed E-state index contributed by atoms with van der Waals surface area (Å²) < 4.78 is 38.2. The number of rotatable bonds is 4. The molecule has 0 spiro atoms. The normalized spacial score (nSPS) is 15.4. The highest BCUT2D eigenvalue weighted by Crippen LogP contribution is 2.35. The second-order valence-electron chi connectivity index (χ2n) is 4.24. The van der Waals surface area contributed by atoms with Crippen molar-refractivity contribution < 1.29 is 18.3 Å². The van der Waals surface area contributed by atoms with E-state index in [1.54, 1.807) is 13.8 Å². The van der Waals surface area contributed by atoms with E-state index in [2.05, 4.69) is 5.32 Å². The lowest BCUT2D eigenvalue weighted by atomic mass is 9.99. The first kappa shape index (κ1) is 13.8. The van der Waals surface area contributed by atoms with E-state index in [-0.39, 0.29) is 12.3 Å². The van der Waals surface area contributed by atoms with Crippen LogP contribution in [0.2, 0.25) is 0 Å². The molecule has 0 bridgehead atoms. The molecule has 0 saturated carbocycles. The third-order valence-corrected chi connectivity index (χ3v) is 2.80. The first-order valence-electron chi connectivity index (χ1n) is 5.37. The molecule has 0 radical (unpaired) electrons. The Labute approximate surface area is 98.5 Å². The lowest BCUT2D eigenvalue weighted by Crippen LogP contribution is -2.38. The predicted molar refractivity (Wildman–Crippen MR) is 60.8 cm³/mol. The van der Waals surface area contributed by atoms with Gasteiger partial charge in [0, 0.05) is 5.69 Å². The molecule has 1 aromatic rings. The molecular weight excluding hydrogens is 231 g/mol. The fourth-order valence-electron chi connectivity index (χ4n) is 1.40. The van der Waals surface area contributed by atoms with Gasteiger partial charge in [0.25, 0.3) is 0 Å². The molecule has 0 fully saturated rings. The van der Waals surface area contributed by atoms with Gasteiger partial charge >= 0.3 is 6.18 Å². The lowest BCUT2D eigenvalue weighted by molar-refractivity contribution is -0.137. The number of aliphatic hydroxyl groups is 1. The second kappa shape index (κ2) is 4.96. The summed E-state index contributed by atoms with van der Waals surface area (Å²) in [7, 11) is 0. The first-order chi connectivity index (χ1) is 7.82. The number of anilines is 1. The summed E-state index contributed by atoms with van der Waals surface area (Å²) in [5, 5.41) is 12.0. The van der Waals surface area contributed by atoms with Gasteiger partial charge in [-0.3, -0.25) is 0 Å². The topological polar surface area (TPSA) is 32.3 Å². The highest BCUT2D eigenvalue weighted by molar-refractivity contribution is 5.54. The molecule has 0 saturated heterocycles. The molecule has 1 unspecified atom stereocenters. The smallest absolute Gasteiger partial charge is 0.394 e. The third-order valence-electron chi connectivity index (χ3n) is 2.80. The van der Waals surface area contributed by atoms with Crippen LogP contribution in [-0.4, -0.2) is 17.3 Å². The average Bonchev–Trinajstić information content (AvgIpc) is 2.28. The molecule has 0 aliphatic rings. The molecule has 1 atom stereocenters. The highest BCUT2D eigenvalue weighted by Gasteiger charge is 2.34. The largest absolute Gasteiger partial charge is 0.418 e. The number of aliphatic hydroxyl groups excluding tert-OH is 1. The maximum Gasteiger partial charge on any atom is 0.418 e. The molecule has 0 aliphatic carbocycles. The van der Waals surface area contributed by atoms with E-state index >= 15 is 0 Å². The summed E-state index contributed by atoms with van der Waals surface area (Å²) >= 11 is 0. The van der Waals surface area contributed by atoms with Gasteiger partial charge in [-0.2, -0.15) is 13.2 Å². The second-order valence-corrected chi connectivity index (χ2v) is 4.24. The van der Waals surface area contributed by atoms with Gasteiger partial charge < -0.3 is 10.4 Å². The van der Waals surface area contributed by atoms with Crippen LogP contribution in [0.25, 0.3) is 0 Å². The minimum Gasteiger partial charge on any atom is -0.394 e. The van der Waals surface area contributed by atoms with Crippen LogP contribution in [0.1, 0.15) is 25.8 Å². The third kappa shape index (κ3) is 3.36. The van der Waals surface area contributed by atoms with Crippen molar-refractivity contribution in [3.8, 4) is 0 Å².